The predicted molar refractivity (Wildman–Crippen MR) is 86.1 cm³/mol. The van der Waals surface area contributed by atoms with Crippen LogP contribution >= 0.6 is 0 Å². The summed E-state index contributed by atoms with van der Waals surface area (Å²) in [4.78, 5) is 0. The molecule has 0 fully saturated rings. The third-order valence-electron chi connectivity index (χ3n) is 3.01. The number of hydrogen-bond donors (Lipinski definition) is 2. The number of hydrogen-bond acceptors (Lipinski definition) is 4. The Bertz CT molecular complexity index is 578. The van der Waals surface area contributed by atoms with Gasteiger partial charge in [-0.2, -0.15) is 10.2 Å². The molecule has 4 N–H and O–H groups in total. The molecule has 0 spiro atoms. The highest BCUT2D eigenvalue weighted by Gasteiger charge is 1.99. The van der Waals surface area contributed by atoms with Gasteiger partial charge >= 0.3 is 0 Å². The van der Waals surface area contributed by atoms with Crippen molar-refractivity contribution >= 4 is 22.8 Å². The van der Waals surface area contributed by atoms with Crippen LogP contribution in [-0.4, -0.2) is 11.4 Å². The fourth-order valence-electron chi connectivity index (χ4n) is 1.71. The number of benzene rings is 2. The van der Waals surface area contributed by atoms with Crippen molar-refractivity contribution in [2.24, 2.45) is 10.2 Å². The first-order valence-electron chi connectivity index (χ1n) is 6.37. The molecule has 0 aliphatic heterocycles. The van der Waals surface area contributed by atoms with Gasteiger partial charge in [0, 0.05) is 11.4 Å². The van der Waals surface area contributed by atoms with E-state index in [-0.39, 0.29) is 0 Å². The monoisotopic (exact) mass is 266 g/mol. The van der Waals surface area contributed by atoms with Gasteiger partial charge in [0.25, 0.3) is 0 Å². The average molecular weight is 266 g/mol. The fraction of sp³-hybridized carbons (Fsp3) is 0.125. The van der Waals surface area contributed by atoms with Crippen LogP contribution in [-0.2, 0) is 0 Å². The van der Waals surface area contributed by atoms with Crippen molar-refractivity contribution in [2.75, 3.05) is 11.5 Å². The lowest BCUT2D eigenvalue weighted by molar-refractivity contribution is 1.22. The smallest absolute Gasteiger partial charge is 0.0671 e. The molecule has 0 atom stereocenters. The summed E-state index contributed by atoms with van der Waals surface area (Å²) in [6.07, 6.45) is 0. The Hall–Kier alpha value is -2.62. The molecule has 0 amide bonds. The predicted octanol–water partition coefficient (Wildman–Crippen LogP) is 3.08. The molecule has 2 rings (SSSR count). The van der Waals surface area contributed by atoms with Crippen molar-refractivity contribution < 1.29 is 0 Å². The van der Waals surface area contributed by atoms with Crippen molar-refractivity contribution in [3.05, 3.63) is 59.7 Å². The van der Waals surface area contributed by atoms with Crippen molar-refractivity contribution in [1.29, 1.82) is 0 Å². The zero-order valence-corrected chi connectivity index (χ0v) is 11.7. The molecule has 2 aromatic rings. The van der Waals surface area contributed by atoms with Crippen molar-refractivity contribution in [3.63, 3.8) is 0 Å². The quantitative estimate of drug-likeness (QED) is 0.509. The van der Waals surface area contributed by atoms with Gasteiger partial charge in [-0.05, 0) is 49.2 Å². The molecule has 2 aromatic carbocycles. The van der Waals surface area contributed by atoms with Crippen molar-refractivity contribution in [3.8, 4) is 0 Å². The van der Waals surface area contributed by atoms with E-state index in [0.29, 0.717) is 0 Å². The van der Waals surface area contributed by atoms with E-state index in [1.165, 1.54) is 0 Å². The van der Waals surface area contributed by atoms with Gasteiger partial charge in [-0.3, -0.25) is 0 Å². The number of anilines is 2. The Labute approximate surface area is 118 Å². The average Bonchev–Trinajstić information content (AvgIpc) is 2.46. The maximum Gasteiger partial charge on any atom is 0.0671 e. The molecule has 0 heterocycles. The summed E-state index contributed by atoms with van der Waals surface area (Å²) in [5.41, 5.74) is 16.5. The molecule has 0 saturated heterocycles. The molecule has 0 aromatic heterocycles. The van der Waals surface area contributed by atoms with E-state index in [1.54, 1.807) is 0 Å². The van der Waals surface area contributed by atoms with E-state index < -0.39 is 0 Å². The topological polar surface area (TPSA) is 76.8 Å². The summed E-state index contributed by atoms with van der Waals surface area (Å²) in [6, 6.07) is 15.1. The Morgan fingerprint density at radius 2 is 0.950 bits per heavy atom. The normalized spacial score (nSPS) is 12.5. The van der Waals surface area contributed by atoms with Crippen LogP contribution < -0.4 is 11.5 Å². The van der Waals surface area contributed by atoms with Crippen LogP contribution in [0.3, 0.4) is 0 Å². The van der Waals surface area contributed by atoms with Gasteiger partial charge in [0.05, 0.1) is 11.4 Å². The van der Waals surface area contributed by atoms with Gasteiger partial charge in [-0.15, -0.1) is 0 Å². The van der Waals surface area contributed by atoms with Gasteiger partial charge in [0.1, 0.15) is 0 Å². The molecule has 0 saturated carbocycles. The Morgan fingerprint density at radius 3 is 1.25 bits per heavy atom. The van der Waals surface area contributed by atoms with E-state index in [1.807, 2.05) is 62.4 Å². The van der Waals surface area contributed by atoms with Crippen LogP contribution in [0, 0.1) is 0 Å². The fourth-order valence-corrected chi connectivity index (χ4v) is 1.71. The second-order valence-electron chi connectivity index (χ2n) is 4.61. The molecule has 0 unspecified atom stereocenters. The zero-order chi connectivity index (χ0) is 14.5. The third-order valence-corrected chi connectivity index (χ3v) is 3.01. The summed E-state index contributed by atoms with van der Waals surface area (Å²) >= 11 is 0. The van der Waals surface area contributed by atoms with Crippen LogP contribution in [0.4, 0.5) is 11.4 Å². The minimum Gasteiger partial charge on any atom is -0.399 e. The van der Waals surface area contributed by atoms with Crippen molar-refractivity contribution in [2.45, 2.75) is 13.8 Å². The molecule has 4 heteroatoms. The molecule has 0 aliphatic rings. The number of rotatable bonds is 3. The highest BCUT2D eigenvalue weighted by Crippen LogP contribution is 2.09. The highest BCUT2D eigenvalue weighted by atomic mass is 15.2. The largest absolute Gasteiger partial charge is 0.399 e. The summed E-state index contributed by atoms with van der Waals surface area (Å²) in [7, 11) is 0. The standard InChI is InChI=1S/C16H18N4/c1-11(13-3-7-15(17)8-4-13)19-20-12(2)14-5-9-16(18)10-6-14/h3-10H,17-18H2,1-2H3. The van der Waals surface area contributed by atoms with E-state index >= 15 is 0 Å². The van der Waals surface area contributed by atoms with Crippen LogP contribution in [0.25, 0.3) is 0 Å². The summed E-state index contributed by atoms with van der Waals surface area (Å²) in [5, 5.41) is 8.51. The van der Waals surface area contributed by atoms with Crippen LogP contribution in [0.15, 0.2) is 58.7 Å². The molecule has 20 heavy (non-hydrogen) atoms. The lowest BCUT2D eigenvalue weighted by Gasteiger charge is -2.01. The Morgan fingerprint density at radius 1 is 0.650 bits per heavy atom. The molecule has 0 bridgehead atoms. The van der Waals surface area contributed by atoms with Crippen molar-refractivity contribution in [1.82, 2.24) is 0 Å². The molecular weight excluding hydrogens is 248 g/mol. The van der Waals surface area contributed by atoms with Gasteiger partial charge < -0.3 is 11.5 Å². The highest BCUT2D eigenvalue weighted by molar-refractivity contribution is 6.01. The molecule has 0 radical (unpaired) electrons. The molecule has 0 aliphatic carbocycles. The second kappa shape index (κ2) is 6.02. The summed E-state index contributed by atoms with van der Waals surface area (Å²) in [5.74, 6) is 0. The first kappa shape index (κ1) is 13.8. The van der Waals surface area contributed by atoms with Gasteiger partial charge in [0.2, 0.25) is 0 Å². The molecular formula is C16H18N4. The van der Waals surface area contributed by atoms with E-state index in [9.17, 15) is 0 Å². The third kappa shape index (κ3) is 3.45. The summed E-state index contributed by atoms with van der Waals surface area (Å²) in [6.45, 7) is 3.84. The number of nitrogens with two attached hydrogens (primary N) is 2. The Kier molecular flexibility index (Phi) is 4.15. The maximum absolute atomic E-state index is 5.66. The lowest BCUT2D eigenvalue weighted by atomic mass is 10.1. The molecule has 4 nitrogen and oxygen atoms in total. The summed E-state index contributed by atoms with van der Waals surface area (Å²) < 4.78 is 0. The van der Waals surface area contributed by atoms with Crippen LogP contribution in [0.5, 0.6) is 0 Å². The Balaban J connectivity index is 2.19. The zero-order valence-electron chi connectivity index (χ0n) is 11.7. The van der Waals surface area contributed by atoms with Gasteiger partial charge in [-0.25, -0.2) is 0 Å². The number of nitrogens with zero attached hydrogens (tertiary/aromatic N) is 2. The van der Waals surface area contributed by atoms with Crippen LogP contribution in [0.2, 0.25) is 0 Å². The molecule has 102 valence electrons. The van der Waals surface area contributed by atoms with Gasteiger partial charge in [-0.1, -0.05) is 24.3 Å². The first-order chi connectivity index (χ1) is 9.56. The SMILES string of the molecule is CC(=NN=C(C)c1ccc(N)cc1)c1ccc(N)cc1. The maximum atomic E-state index is 5.66. The first-order valence-corrected chi connectivity index (χ1v) is 6.37. The van der Waals surface area contributed by atoms with E-state index in [2.05, 4.69) is 10.2 Å². The van der Waals surface area contributed by atoms with E-state index in [4.69, 9.17) is 11.5 Å². The second-order valence-corrected chi connectivity index (χ2v) is 4.61. The van der Waals surface area contributed by atoms with Gasteiger partial charge in [0.15, 0.2) is 0 Å². The minimum atomic E-state index is 0.739. The lowest BCUT2D eigenvalue weighted by Crippen LogP contribution is -1.97. The number of nitrogen functional groups attached to an aromatic ring is 2. The van der Waals surface area contributed by atoms with E-state index in [0.717, 1.165) is 33.9 Å². The minimum absolute atomic E-state index is 0.739. The van der Waals surface area contributed by atoms with Crippen LogP contribution in [0.1, 0.15) is 25.0 Å².